The van der Waals surface area contributed by atoms with Crippen molar-refractivity contribution in [3.05, 3.63) is 29.8 Å². The van der Waals surface area contributed by atoms with Crippen molar-refractivity contribution < 1.29 is 8.42 Å². The monoisotopic (exact) mass is 360 g/mol. The number of rotatable bonds is 6. The van der Waals surface area contributed by atoms with E-state index < -0.39 is 10.0 Å². The lowest BCUT2D eigenvalue weighted by molar-refractivity contribution is 0.361. The van der Waals surface area contributed by atoms with Crippen molar-refractivity contribution in [2.75, 3.05) is 6.54 Å². The van der Waals surface area contributed by atoms with Gasteiger partial charge in [-0.2, -0.15) is 0 Å². The van der Waals surface area contributed by atoms with Crippen LogP contribution in [0.5, 0.6) is 0 Å². The molecule has 0 aliphatic carbocycles. The standard InChI is InChI=1S/C17H28N2O2S.ClH/c1-13(2)4-5-15-6-8-17(9-7-15)22(20,21)19-16-10-11-18-14(3)12-16;/h6-9,13-14,16,18-19H,4-5,10-12H2,1-3H3;1H. The van der Waals surface area contributed by atoms with E-state index in [1.165, 1.54) is 5.56 Å². The Morgan fingerprint density at radius 1 is 1.26 bits per heavy atom. The van der Waals surface area contributed by atoms with Crippen molar-refractivity contribution in [3.8, 4) is 0 Å². The van der Waals surface area contributed by atoms with Crippen LogP contribution >= 0.6 is 12.4 Å². The molecule has 0 saturated carbocycles. The summed E-state index contributed by atoms with van der Waals surface area (Å²) < 4.78 is 27.7. The average Bonchev–Trinajstić information content (AvgIpc) is 2.45. The molecule has 1 saturated heterocycles. The summed E-state index contributed by atoms with van der Waals surface area (Å²) in [5.74, 6) is 0.659. The fraction of sp³-hybridized carbons (Fsp3) is 0.647. The molecule has 2 rings (SSSR count). The van der Waals surface area contributed by atoms with Crippen molar-refractivity contribution in [1.82, 2.24) is 10.0 Å². The summed E-state index contributed by atoms with van der Waals surface area (Å²) in [5.41, 5.74) is 1.20. The van der Waals surface area contributed by atoms with Gasteiger partial charge in [0.15, 0.2) is 0 Å². The zero-order chi connectivity index (χ0) is 16.2. The van der Waals surface area contributed by atoms with Crippen LogP contribution in [0.3, 0.4) is 0 Å². The van der Waals surface area contributed by atoms with Crippen LogP contribution in [0.15, 0.2) is 29.2 Å². The van der Waals surface area contributed by atoms with Crippen molar-refractivity contribution in [2.45, 2.75) is 63.4 Å². The van der Waals surface area contributed by atoms with E-state index in [-0.39, 0.29) is 18.4 Å². The zero-order valence-corrected chi connectivity index (χ0v) is 15.8. The van der Waals surface area contributed by atoms with Gasteiger partial charge in [0.2, 0.25) is 10.0 Å². The third kappa shape index (κ3) is 6.42. The first-order chi connectivity index (χ1) is 10.4. The minimum absolute atomic E-state index is 0. The molecule has 1 aromatic carbocycles. The lowest BCUT2D eigenvalue weighted by Crippen LogP contribution is -2.46. The predicted molar refractivity (Wildman–Crippen MR) is 97.7 cm³/mol. The molecule has 1 aliphatic rings. The highest BCUT2D eigenvalue weighted by Crippen LogP contribution is 2.16. The smallest absolute Gasteiger partial charge is 0.240 e. The Morgan fingerprint density at radius 3 is 2.48 bits per heavy atom. The molecule has 132 valence electrons. The number of piperidine rings is 1. The molecule has 2 N–H and O–H groups in total. The molecule has 0 aromatic heterocycles. The summed E-state index contributed by atoms with van der Waals surface area (Å²) in [6.07, 6.45) is 3.80. The molecular weight excluding hydrogens is 332 g/mol. The Balaban J connectivity index is 0.00000264. The number of nitrogens with one attached hydrogen (secondary N) is 2. The summed E-state index contributed by atoms with van der Waals surface area (Å²) >= 11 is 0. The molecule has 6 heteroatoms. The molecule has 4 nitrogen and oxygen atoms in total. The van der Waals surface area contributed by atoms with Gasteiger partial charge < -0.3 is 5.32 Å². The molecule has 0 bridgehead atoms. The van der Waals surface area contributed by atoms with Gasteiger partial charge in [-0.15, -0.1) is 12.4 Å². The Labute approximate surface area is 146 Å². The number of hydrogen-bond acceptors (Lipinski definition) is 3. The topological polar surface area (TPSA) is 58.2 Å². The average molecular weight is 361 g/mol. The van der Waals surface area contributed by atoms with Crippen LogP contribution in [0.2, 0.25) is 0 Å². The molecule has 1 fully saturated rings. The van der Waals surface area contributed by atoms with Crippen LogP contribution in [0.25, 0.3) is 0 Å². The van der Waals surface area contributed by atoms with Gasteiger partial charge in [-0.25, -0.2) is 13.1 Å². The third-order valence-electron chi connectivity index (χ3n) is 4.19. The molecule has 2 atom stereocenters. The SMILES string of the molecule is CC(C)CCc1ccc(S(=O)(=O)NC2CCNC(C)C2)cc1.Cl. The lowest BCUT2D eigenvalue weighted by Gasteiger charge is -2.28. The second-order valence-corrected chi connectivity index (χ2v) is 8.49. The number of benzene rings is 1. The fourth-order valence-corrected chi connectivity index (χ4v) is 4.10. The minimum atomic E-state index is -3.41. The van der Waals surface area contributed by atoms with Crippen molar-refractivity contribution in [3.63, 3.8) is 0 Å². The van der Waals surface area contributed by atoms with E-state index in [9.17, 15) is 8.42 Å². The molecule has 23 heavy (non-hydrogen) atoms. The summed E-state index contributed by atoms with van der Waals surface area (Å²) in [5, 5.41) is 3.33. The van der Waals surface area contributed by atoms with Gasteiger partial charge in [0.05, 0.1) is 4.90 Å². The normalized spacial score (nSPS) is 21.9. The molecular formula is C17H29ClN2O2S. The van der Waals surface area contributed by atoms with Crippen LogP contribution in [0, 0.1) is 5.92 Å². The highest BCUT2D eigenvalue weighted by molar-refractivity contribution is 7.89. The third-order valence-corrected chi connectivity index (χ3v) is 5.73. The minimum Gasteiger partial charge on any atom is -0.314 e. The van der Waals surface area contributed by atoms with Crippen molar-refractivity contribution in [1.29, 1.82) is 0 Å². The first-order valence-corrected chi connectivity index (χ1v) is 9.70. The van der Waals surface area contributed by atoms with Gasteiger partial charge in [-0.05, 0) is 62.8 Å². The molecule has 2 unspecified atom stereocenters. The first-order valence-electron chi connectivity index (χ1n) is 8.21. The van der Waals surface area contributed by atoms with Gasteiger partial charge in [0, 0.05) is 12.1 Å². The van der Waals surface area contributed by atoms with Crippen LogP contribution in [-0.2, 0) is 16.4 Å². The Hall–Kier alpha value is -0.620. The first kappa shape index (κ1) is 20.4. The quantitative estimate of drug-likeness (QED) is 0.819. The number of halogens is 1. The highest BCUT2D eigenvalue weighted by atomic mass is 35.5. The van der Waals surface area contributed by atoms with Gasteiger partial charge in [0.1, 0.15) is 0 Å². The largest absolute Gasteiger partial charge is 0.314 e. The number of sulfonamides is 1. The predicted octanol–water partition coefficient (Wildman–Crippen LogP) is 3.12. The van der Waals surface area contributed by atoms with Crippen LogP contribution < -0.4 is 10.0 Å². The van der Waals surface area contributed by atoms with E-state index in [1.54, 1.807) is 12.1 Å². The van der Waals surface area contributed by atoms with Gasteiger partial charge in [-0.3, -0.25) is 0 Å². The van der Waals surface area contributed by atoms with Crippen LogP contribution in [-0.4, -0.2) is 27.0 Å². The molecule has 0 amide bonds. The summed E-state index contributed by atoms with van der Waals surface area (Å²) in [4.78, 5) is 0.368. The summed E-state index contributed by atoms with van der Waals surface area (Å²) in [6, 6.07) is 7.70. The maximum Gasteiger partial charge on any atom is 0.240 e. The van der Waals surface area contributed by atoms with E-state index in [2.05, 4.69) is 30.8 Å². The second-order valence-electron chi connectivity index (χ2n) is 6.77. The van der Waals surface area contributed by atoms with E-state index in [1.807, 2.05) is 12.1 Å². The fourth-order valence-electron chi connectivity index (χ4n) is 2.82. The van der Waals surface area contributed by atoms with Crippen LogP contribution in [0.4, 0.5) is 0 Å². The van der Waals surface area contributed by atoms with Gasteiger partial charge in [-0.1, -0.05) is 26.0 Å². The molecule has 1 heterocycles. The van der Waals surface area contributed by atoms with Crippen LogP contribution in [0.1, 0.15) is 45.6 Å². The molecule has 1 aliphatic heterocycles. The van der Waals surface area contributed by atoms with Gasteiger partial charge in [0.25, 0.3) is 0 Å². The second kappa shape index (κ2) is 9.02. The zero-order valence-electron chi connectivity index (χ0n) is 14.2. The molecule has 0 radical (unpaired) electrons. The van der Waals surface area contributed by atoms with E-state index in [0.29, 0.717) is 16.9 Å². The molecule has 0 spiro atoms. The number of hydrogen-bond donors (Lipinski definition) is 2. The van der Waals surface area contributed by atoms with Crippen molar-refractivity contribution in [2.24, 2.45) is 5.92 Å². The molecule has 1 aromatic rings. The highest BCUT2D eigenvalue weighted by Gasteiger charge is 2.24. The number of aryl methyl sites for hydroxylation is 1. The lowest BCUT2D eigenvalue weighted by atomic mass is 10.0. The van der Waals surface area contributed by atoms with E-state index in [0.717, 1.165) is 32.2 Å². The summed E-state index contributed by atoms with van der Waals surface area (Å²) in [6.45, 7) is 7.35. The van der Waals surface area contributed by atoms with Crippen molar-refractivity contribution >= 4 is 22.4 Å². The maximum atomic E-state index is 12.5. The van der Waals surface area contributed by atoms with E-state index in [4.69, 9.17) is 0 Å². The van der Waals surface area contributed by atoms with Gasteiger partial charge >= 0.3 is 0 Å². The summed E-state index contributed by atoms with van der Waals surface area (Å²) in [7, 11) is -3.41. The Bertz CT molecular complexity index is 573. The Kier molecular flexibility index (Phi) is 8.01. The maximum absolute atomic E-state index is 12.5. The van der Waals surface area contributed by atoms with E-state index >= 15 is 0 Å². The Morgan fingerprint density at radius 2 is 1.91 bits per heavy atom.